The van der Waals surface area contributed by atoms with E-state index in [4.69, 9.17) is 4.74 Å². The van der Waals surface area contributed by atoms with Crippen LogP contribution in [0.5, 0.6) is 0 Å². The molecule has 0 unspecified atom stereocenters. The van der Waals surface area contributed by atoms with Gasteiger partial charge in [-0.25, -0.2) is 0 Å². The predicted molar refractivity (Wildman–Crippen MR) is 74.3 cm³/mol. The maximum atomic E-state index is 5.75. The van der Waals surface area contributed by atoms with Gasteiger partial charge < -0.3 is 4.74 Å². The van der Waals surface area contributed by atoms with Crippen LogP contribution in [0.15, 0.2) is 84.9 Å². The van der Waals surface area contributed by atoms with Crippen molar-refractivity contribution in [3.05, 3.63) is 84.9 Å². The SMILES string of the molecule is C=C/C=C\C1=C(C=C)OC(C=C)=C(/C=C\C)C1. The first-order valence-corrected chi connectivity index (χ1v) is 5.57. The molecule has 0 aromatic carbocycles. The smallest absolute Gasteiger partial charge is 0.130 e. The van der Waals surface area contributed by atoms with Crippen molar-refractivity contribution >= 4 is 0 Å². The molecule has 0 atom stereocenters. The van der Waals surface area contributed by atoms with Gasteiger partial charge in [-0.3, -0.25) is 0 Å². The van der Waals surface area contributed by atoms with Crippen LogP contribution in [0.1, 0.15) is 13.3 Å². The van der Waals surface area contributed by atoms with E-state index in [1.165, 1.54) is 0 Å². The fourth-order valence-electron chi connectivity index (χ4n) is 1.64. The number of allylic oxidation sites excluding steroid dienone is 9. The van der Waals surface area contributed by atoms with Crippen molar-refractivity contribution in [2.45, 2.75) is 13.3 Å². The molecule has 17 heavy (non-hydrogen) atoms. The minimum absolute atomic E-state index is 0.784. The van der Waals surface area contributed by atoms with E-state index in [-0.39, 0.29) is 0 Å². The summed E-state index contributed by atoms with van der Waals surface area (Å²) in [5.74, 6) is 1.58. The van der Waals surface area contributed by atoms with E-state index in [0.717, 1.165) is 29.1 Å². The van der Waals surface area contributed by atoms with Crippen LogP contribution in [0.3, 0.4) is 0 Å². The molecule has 0 bridgehead atoms. The molecule has 0 spiro atoms. The molecule has 1 heterocycles. The lowest BCUT2D eigenvalue weighted by atomic mass is 9.99. The van der Waals surface area contributed by atoms with Crippen molar-refractivity contribution in [3.8, 4) is 0 Å². The summed E-state index contributed by atoms with van der Waals surface area (Å²) in [6.45, 7) is 13.2. The fourth-order valence-corrected chi connectivity index (χ4v) is 1.64. The van der Waals surface area contributed by atoms with Crippen molar-refractivity contribution < 1.29 is 4.74 Å². The van der Waals surface area contributed by atoms with Crippen LogP contribution in [0.2, 0.25) is 0 Å². The summed E-state index contributed by atoms with van der Waals surface area (Å²) in [5, 5.41) is 0. The molecule has 1 aliphatic heterocycles. The first kappa shape index (κ1) is 13.0. The van der Waals surface area contributed by atoms with E-state index in [2.05, 4.69) is 19.7 Å². The maximum absolute atomic E-state index is 5.75. The molecule has 1 nitrogen and oxygen atoms in total. The van der Waals surface area contributed by atoms with Gasteiger partial charge >= 0.3 is 0 Å². The summed E-state index contributed by atoms with van der Waals surface area (Å²) in [7, 11) is 0. The van der Waals surface area contributed by atoms with Crippen molar-refractivity contribution in [1.29, 1.82) is 0 Å². The highest BCUT2D eigenvalue weighted by Gasteiger charge is 2.15. The first-order chi connectivity index (χ1) is 8.26. The third-order valence-corrected chi connectivity index (χ3v) is 2.41. The number of hydrogen-bond acceptors (Lipinski definition) is 1. The van der Waals surface area contributed by atoms with E-state index in [1.807, 2.05) is 31.2 Å². The average molecular weight is 226 g/mol. The molecular weight excluding hydrogens is 208 g/mol. The van der Waals surface area contributed by atoms with Crippen molar-refractivity contribution in [2.24, 2.45) is 0 Å². The van der Waals surface area contributed by atoms with Crippen LogP contribution in [0.4, 0.5) is 0 Å². The molecular formula is C16H18O. The van der Waals surface area contributed by atoms with Crippen LogP contribution >= 0.6 is 0 Å². The van der Waals surface area contributed by atoms with Gasteiger partial charge in [-0.2, -0.15) is 0 Å². The lowest BCUT2D eigenvalue weighted by molar-refractivity contribution is 0.319. The molecule has 1 aliphatic rings. The van der Waals surface area contributed by atoms with Gasteiger partial charge in [0.25, 0.3) is 0 Å². The van der Waals surface area contributed by atoms with Crippen LogP contribution in [0.25, 0.3) is 0 Å². The normalized spacial score (nSPS) is 16.5. The monoisotopic (exact) mass is 226 g/mol. The Balaban J connectivity index is 3.10. The first-order valence-electron chi connectivity index (χ1n) is 5.57. The lowest BCUT2D eigenvalue weighted by Crippen LogP contribution is -2.04. The summed E-state index contributed by atoms with van der Waals surface area (Å²) in [6, 6.07) is 0. The number of rotatable bonds is 5. The summed E-state index contributed by atoms with van der Waals surface area (Å²) in [5.41, 5.74) is 2.22. The standard InChI is InChI=1S/C16H18O/c1-5-9-11-14-12-13(10-6-2)15(7-3)17-16(14)8-4/h5-11H,1,3-4,12H2,2H3/b10-6-,11-9-. The van der Waals surface area contributed by atoms with Crippen molar-refractivity contribution in [3.63, 3.8) is 0 Å². The molecule has 0 aromatic rings. The van der Waals surface area contributed by atoms with Gasteiger partial charge in [0.05, 0.1) is 0 Å². The molecule has 0 saturated heterocycles. The van der Waals surface area contributed by atoms with Crippen LogP contribution in [-0.2, 0) is 4.74 Å². The molecule has 1 heteroatoms. The second-order valence-corrected chi connectivity index (χ2v) is 3.56. The Morgan fingerprint density at radius 1 is 1.00 bits per heavy atom. The second-order valence-electron chi connectivity index (χ2n) is 3.56. The molecule has 0 fully saturated rings. The molecule has 0 amide bonds. The van der Waals surface area contributed by atoms with E-state index >= 15 is 0 Å². The Morgan fingerprint density at radius 3 is 2.06 bits per heavy atom. The van der Waals surface area contributed by atoms with Gasteiger partial charge in [0.1, 0.15) is 11.5 Å². The minimum Gasteiger partial charge on any atom is -0.457 e. The van der Waals surface area contributed by atoms with Crippen molar-refractivity contribution in [2.75, 3.05) is 0 Å². The Morgan fingerprint density at radius 2 is 1.59 bits per heavy atom. The Labute approximate surface area is 103 Å². The van der Waals surface area contributed by atoms with Gasteiger partial charge in [0.2, 0.25) is 0 Å². The third kappa shape index (κ3) is 3.22. The molecule has 88 valence electrons. The van der Waals surface area contributed by atoms with E-state index in [0.29, 0.717) is 0 Å². The zero-order valence-electron chi connectivity index (χ0n) is 10.3. The van der Waals surface area contributed by atoms with Crippen LogP contribution in [-0.4, -0.2) is 0 Å². The quantitative estimate of drug-likeness (QED) is 0.622. The number of hydrogen-bond donors (Lipinski definition) is 0. The van der Waals surface area contributed by atoms with E-state index < -0.39 is 0 Å². The summed E-state index contributed by atoms with van der Waals surface area (Å²) >= 11 is 0. The highest BCUT2D eigenvalue weighted by molar-refractivity contribution is 5.44. The number of ether oxygens (including phenoxy) is 1. The van der Waals surface area contributed by atoms with Crippen LogP contribution in [0, 0.1) is 0 Å². The minimum atomic E-state index is 0.784. The van der Waals surface area contributed by atoms with Gasteiger partial charge in [-0.05, 0) is 30.2 Å². The molecule has 1 rings (SSSR count). The zero-order chi connectivity index (χ0) is 12.7. The fraction of sp³-hybridized carbons (Fsp3) is 0.125. The maximum Gasteiger partial charge on any atom is 0.130 e. The van der Waals surface area contributed by atoms with Gasteiger partial charge in [-0.15, -0.1) is 0 Å². The molecule has 0 N–H and O–H groups in total. The van der Waals surface area contributed by atoms with E-state index in [9.17, 15) is 0 Å². The summed E-state index contributed by atoms with van der Waals surface area (Å²) in [6.07, 6.45) is 13.9. The van der Waals surface area contributed by atoms with Gasteiger partial charge in [-0.1, -0.05) is 50.1 Å². The largest absolute Gasteiger partial charge is 0.457 e. The topological polar surface area (TPSA) is 9.23 Å². The summed E-state index contributed by atoms with van der Waals surface area (Å²) < 4.78 is 5.75. The zero-order valence-corrected chi connectivity index (χ0v) is 10.3. The Kier molecular flexibility index (Phi) is 5.02. The Hall–Kier alpha value is -2.02. The molecule has 0 radical (unpaired) electrons. The van der Waals surface area contributed by atoms with E-state index in [1.54, 1.807) is 18.2 Å². The molecule has 0 saturated carbocycles. The summed E-state index contributed by atoms with van der Waals surface area (Å²) in [4.78, 5) is 0. The Bertz CT molecular complexity index is 442. The molecule has 0 aliphatic carbocycles. The average Bonchev–Trinajstić information content (AvgIpc) is 2.36. The lowest BCUT2D eigenvalue weighted by Gasteiger charge is -2.20. The third-order valence-electron chi connectivity index (χ3n) is 2.41. The van der Waals surface area contributed by atoms with Gasteiger partial charge in [0.15, 0.2) is 0 Å². The highest BCUT2D eigenvalue weighted by Crippen LogP contribution is 2.30. The molecule has 0 aromatic heterocycles. The second kappa shape index (κ2) is 6.54. The van der Waals surface area contributed by atoms with Gasteiger partial charge in [0, 0.05) is 6.42 Å². The predicted octanol–water partition coefficient (Wildman–Crippen LogP) is 4.61. The van der Waals surface area contributed by atoms with Crippen LogP contribution < -0.4 is 0 Å². The van der Waals surface area contributed by atoms with Crippen molar-refractivity contribution in [1.82, 2.24) is 0 Å². The highest BCUT2D eigenvalue weighted by atomic mass is 16.5.